The smallest absolute Gasteiger partial charge is 0.408 e. The van der Waals surface area contributed by atoms with Crippen molar-refractivity contribution in [3.05, 3.63) is 35.9 Å². The molecular formula is C26H39N3O4. The second-order valence-corrected chi connectivity index (χ2v) is 9.68. The molecule has 1 aromatic carbocycles. The van der Waals surface area contributed by atoms with E-state index < -0.39 is 29.7 Å². The van der Waals surface area contributed by atoms with Crippen molar-refractivity contribution in [3.63, 3.8) is 0 Å². The Morgan fingerprint density at radius 3 is 2.18 bits per heavy atom. The largest absolute Gasteiger partial charge is 0.444 e. The maximum absolute atomic E-state index is 13.6. The van der Waals surface area contributed by atoms with E-state index in [0.29, 0.717) is 12.0 Å². The van der Waals surface area contributed by atoms with Gasteiger partial charge >= 0.3 is 6.09 Å². The maximum atomic E-state index is 13.6. The number of amides is 3. The van der Waals surface area contributed by atoms with Crippen LogP contribution in [0.3, 0.4) is 0 Å². The van der Waals surface area contributed by atoms with Crippen LogP contribution in [0.2, 0.25) is 0 Å². The lowest BCUT2D eigenvalue weighted by Crippen LogP contribution is -2.52. The van der Waals surface area contributed by atoms with Crippen LogP contribution in [0.15, 0.2) is 30.3 Å². The highest BCUT2D eigenvalue weighted by Gasteiger charge is 2.36. The summed E-state index contributed by atoms with van der Waals surface area (Å²) in [6, 6.07) is 9.26. The van der Waals surface area contributed by atoms with Crippen LogP contribution in [-0.4, -0.2) is 40.5 Å². The van der Waals surface area contributed by atoms with Crippen molar-refractivity contribution in [3.8, 4) is 12.5 Å². The fourth-order valence-electron chi connectivity index (χ4n) is 3.46. The van der Waals surface area contributed by atoms with Crippen molar-refractivity contribution in [1.82, 2.24) is 15.5 Å². The van der Waals surface area contributed by atoms with Crippen LogP contribution in [0.5, 0.6) is 0 Å². The highest BCUT2D eigenvalue weighted by atomic mass is 16.6. The summed E-state index contributed by atoms with van der Waals surface area (Å²) in [6.07, 6.45) is 7.11. The summed E-state index contributed by atoms with van der Waals surface area (Å²) >= 11 is 0. The molecule has 3 atom stereocenters. The monoisotopic (exact) mass is 457 g/mol. The van der Waals surface area contributed by atoms with E-state index in [2.05, 4.69) is 16.7 Å². The third kappa shape index (κ3) is 9.56. The van der Waals surface area contributed by atoms with Gasteiger partial charge in [-0.25, -0.2) is 4.79 Å². The van der Waals surface area contributed by atoms with Crippen molar-refractivity contribution < 1.29 is 19.1 Å². The summed E-state index contributed by atoms with van der Waals surface area (Å²) in [5.41, 5.74) is -0.131. The minimum absolute atomic E-state index is 0.0743. The normalized spacial score (nSPS) is 13.9. The van der Waals surface area contributed by atoms with Crippen LogP contribution >= 0.6 is 0 Å². The van der Waals surface area contributed by atoms with E-state index in [0.717, 1.165) is 17.7 Å². The van der Waals surface area contributed by atoms with Crippen molar-refractivity contribution in [1.29, 1.82) is 0 Å². The zero-order valence-electron chi connectivity index (χ0n) is 21.0. The number of ether oxygens (including phenoxy) is 1. The van der Waals surface area contributed by atoms with Gasteiger partial charge in [0.05, 0.1) is 0 Å². The van der Waals surface area contributed by atoms with Gasteiger partial charge < -0.3 is 15.4 Å². The zero-order valence-corrected chi connectivity index (χ0v) is 21.0. The lowest BCUT2D eigenvalue weighted by Gasteiger charge is -2.31. The predicted octanol–water partition coefficient (Wildman–Crippen LogP) is 4.39. The molecule has 0 fully saturated rings. The number of benzene rings is 1. The van der Waals surface area contributed by atoms with Crippen LogP contribution in [0.4, 0.5) is 4.79 Å². The number of terminal acetylenes is 1. The van der Waals surface area contributed by atoms with E-state index in [1.807, 2.05) is 33.8 Å². The number of hydrogen-bond acceptors (Lipinski definition) is 4. The molecule has 2 N–H and O–H groups in total. The van der Waals surface area contributed by atoms with Crippen molar-refractivity contribution in [2.45, 2.75) is 91.5 Å². The fourth-order valence-corrected chi connectivity index (χ4v) is 3.46. The summed E-state index contributed by atoms with van der Waals surface area (Å²) in [5.74, 6) is -0.819. The van der Waals surface area contributed by atoms with Crippen LogP contribution < -0.4 is 10.6 Å². The number of rotatable bonds is 10. The van der Waals surface area contributed by atoms with Gasteiger partial charge in [-0.2, -0.15) is 0 Å². The van der Waals surface area contributed by atoms with E-state index in [-0.39, 0.29) is 17.9 Å². The van der Waals surface area contributed by atoms with Crippen molar-refractivity contribution in [2.24, 2.45) is 5.92 Å². The minimum atomic E-state index is -1.03. The van der Waals surface area contributed by atoms with E-state index in [1.165, 1.54) is 0 Å². The van der Waals surface area contributed by atoms with Gasteiger partial charge in [0.2, 0.25) is 5.91 Å². The molecule has 3 unspecified atom stereocenters. The second-order valence-electron chi connectivity index (χ2n) is 9.68. The van der Waals surface area contributed by atoms with Crippen molar-refractivity contribution >= 4 is 17.9 Å². The number of alkyl carbamates (subject to hydrolysis) is 1. The van der Waals surface area contributed by atoms with E-state index >= 15 is 0 Å². The second kappa shape index (κ2) is 12.9. The molecule has 0 saturated heterocycles. The minimum Gasteiger partial charge on any atom is -0.444 e. The first-order chi connectivity index (χ1) is 15.4. The predicted molar refractivity (Wildman–Crippen MR) is 130 cm³/mol. The molecule has 182 valence electrons. The number of carbonyl (C=O) groups excluding carboxylic acids is 3. The molecule has 0 saturated carbocycles. The molecule has 0 aliphatic carbocycles. The van der Waals surface area contributed by atoms with Crippen LogP contribution in [0.1, 0.15) is 79.3 Å². The molecule has 33 heavy (non-hydrogen) atoms. The number of nitrogens with zero attached hydrogens (tertiary/aromatic N) is 1. The molecule has 1 rings (SSSR count). The molecule has 1 aromatic rings. The summed E-state index contributed by atoms with van der Waals surface area (Å²) in [4.78, 5) is 40.3. The van der Waals surface area contributed by atoms with Crippen LogP contribution in [0.25, 0.3) is 0 Å². The van der Waals surface area contributed by atoms with Gasteiger partial charge in [-0.1, -0.05) is 63.9 Å². The molecule has 0 radical (unpaired) electrons. The Hall–Kier alpha value is -3.01. The molecule has 0 aliphatic heterocycles. The average Bonchev–Trinajstić information content (AvgIpc) is 2.69. The third-order valence-electron chi connectivity index (χ3n) is 4.80. The Kier molecular flexibility index (Phi) is 10.9. The molecule has 3 amide bonds. The Balaban J connectivity index is 3.29. The molecule has 0 spiro atoms. The molecule has 0 aromatic heterocycles. The highest BCUT2D eigenvalue weighted by Crippen LogP contribution is 2.23. The Morgan fingerprint density at radius 1 is 1.09 bits per heavy atom. The van der Waals surface area contributed by atoms with E-state index in [4.69, 9.17) is 11.2 Å². The molecule has 7 heteroatoms. The van der Waals surface area contributed by atoms with Gasteiger partial charge in [0.1, 0.15) is 17.7 Å². The summed E-state index contributed by atoms with van der Waals surface area (Å²) in [7, 11) is 0. The van der Waals surface area contributed by atoms with Gasteiger partial charge in [0, 0.05) is 12.1 Å². The Labute approximate surface area is 198 Å². The van der Waals surface area contributed by atoms with Crippen LogP contribution in [-0.2, 0) is 14.3 Å². The molecule has 0 heterocycles. The first-order valence-electron chi connectivity index (χ1n) is 11.5. The van der Waals surface area contributed by atoms with Gasteiger partial charge in [0.15, 0.2) is 0 Å². The standard InChI is InChI=1S/C26H39N3O4/c1-9-14-19(5)27-23(30)22(20-15-12-11-13-16-20)29(10-2)24(31)21(17-18(3)4)28-25(32)33-26(6,7)8/h2,11-13,15-16,18-19,21-22H,9,14,17H2,1,3-8H3,(H,27,30)(H,28,32). The first-order valence-corrected chi connectivity index (χ1v) is 11.5. The lowest BCUT2D eigenvalue weighted by atomic mass is 9.99. The fraction of sp³-hybridized carbons (Fsp3) is 0.577. The maximum Gasteiger partial charge on any atom is 0.408 e. The Bertz CT molecular complexity index is 824. The molecule has 0 bridgehead atoms. The number of carbonyl (C=O) groups is 3. The summed E-state index contributed by atoms with van der Waals surface area (Å²) in [5, 5.41) is 5.61. The highest BCUT2D eigenvalue weighted by molar-refractivity contribution is 5.93. The quantitative estimate of drug-likeness (QED) is 0.403. The van der Waals surface area contributed by atoms with Gasteiger partial charge in [-0.15, -0.1) is 0 Å². The molecular weight excluding hydrogens is 418 g/mol. The van der Waals surface area contributed by atoms with E-state index in [1.54, 1.807) is 45.0 Å². The van der Waals surface area contributed by atoms with Crippen molar-refractivity contribution in [2.75, 3.05) is 0 Å². The average molecular weight is 458 g/mol. The van der Waals surface area contributed by atoms with E-state index in [9.17, 15) is 14.4 Å². The number of nitrogens with one attached hydrogen (secondary N) is 2. The topological polar surface area (TPSA) is 87.7 Å². The zero-order chi connectivity index (χ0) is 25.2. The van der Waals surface area contributed by atoms with Gasteiger partial charge in [0.25, 0.3) is 5.91 Å². The number of hydrogen-bond donors (Lipinski definition) is 2. The first kappa shape index (κ1) is 28.0. The third-order valence-corrected chi connectivity index (χ3v) is 4.80. The SMILES string of the molecule is C#CN(C(=O)C(CC(C)C)NC(=O)OC(C)(C)C)C(C(=O)NC(C)CCC)c1ccccc1. The van der Waals surface area contributed by atoms with Gasteiger partial charge in [-0.05, 0) is 52.0 Å². The lowest BCUT2D eigenvalue weighted by molar-refractivity contribution is -0.139. The van der Waals surface area contributed by atoms with Gasteiger partial charge in [-0.3, -0.25) is 14.5 Å². The summed E-state index contributed by atoms with van der Waals surface area (Å²) < 4.78 is 5.33. The molecule has 7 nitrogen and oxygen atoms in total. The van der Waals surface area contributed by atoms with Crippen LogP contribution in [0, 0.1) is 18.4 Å². The molecule has 0 aliphatic rings. The summed E-state index contributed by atoms with van der Waals surface area (Å²) in [6.45, 7) is 13.0. The Morgan fingerprint density at radius 2 is 1.70 bits per heavy atom.